The van der Waals surface area contributed by atoms with Gasteiger partial charge in [-0.25, -0.2) is 0 Å². The highest BCUT2D eigenvalue weighted by molar-refractivity contribution is 6.02. The number of aryl methyl sites for hydroxylation is 1. The summed E-state index contributed by atoms with van der Waals surface area (Å²) in [6, 6.07) is 16.0. The Morgan fingerprint density at radius 1 is 1.04 bits per heavy atom. The molecule has 1 amide bonds. The Balaban J connectivity index is 1.57. The van der Waals surface area contributed by atoms with Crippen LogP contribution in [-0.4, -0.2) is 32.2 Å². The molecule has 24 heavy (non-hydrogen) atoms. The van der Waals surface area contributed by atoms with Crippen LogP contribution in [0.5, 0.6) is 0 Å². The first-order valence-corrected chi connectivity index (χ1v) is 8.19. The number of rotatable bonds is 4. The standard InChI is InChI=1S/C20H22N2O2/c1-16-2-4-17(5-3-16)6-11-20(23)21-18-7-9-19(10-8-18)22-12-14-24-15-13-22/h2-11H,12-15H2,1H3,(H,21,23)/b11-6+. The molecule has 4 nitrogen and oxygen atoms in total. The van der Waals surface area contributed by atoms with Crippen molar-refractivity contribution in [3.05, 3.63) is 65.7 Å². The van der Waals surface area contributed by atoms with Gasteiger partial charge in [0.05, 0.1) is 13.2 Å². The molecule has 3 rings (SSSR count). The quantitative estimate of drug-likeness (QED) is 0.876. The van der Waals surface area contributed by atoms with E-state index in [1.54, 1.807) is 6.08 Å². The number of anilines is 2. The van der Waals surface area contributed by atoms with E-state index in [-0.39, 0.29) is 5.91 Å². The largest absolute Gasteiger partial charge is 0.378 e. The molecule has 0 aliphatic carbocycles. The Kier molecular flexibility index (Phi) is 5.29. The number of morpholine rings is 1. The minimum atomic E-state index is -0.130. The number of ether oxygens (including phenoxy) is 1. The van der Waals surface area contributed by atoms with Gasteiger partial charge in [0, 0.05) is 30.5 Å². The maximum Gasteiger partial charge on any atom is 0.248 e. The van der Waals surface area contributed by atoms with Crippen LogP contribution in [0.3, 0.4) is 0 Å². The lowest BCUT2D eigenvalue weighted by Crippen LogP contribution is -2.36. The maximum absolute atomic E-state index is 12.0. The molecule has 0 saturated carbocycles. The number of amides is 1. The summed E-state index contributed by atoms with van der Waals surface area (Å²) in [6.45, 7) is 5.39. The second-order valence-electron chi connectivity index (χ2n) is 5.88. The molecule has 1 aliphatic rings. The Labute approximate surface area is 142 Å². The van der Waals surface area contributed by atoms with Crippen LogP contribution in [-0.2, 0) is 9.53 Å². The minimum absolute atomic E-state index is 0.130. The average molecular weight is 322 g/mol. The lowest BCUT2D eigenvalue weighted by Gasteiger charge is -2.28. The summed E-state index contributed by atoms with van der Waals surface area (Å²) in [6.07, 6.45) is 3.37. The number of hydrogen-bond donors (Lipinski definition) is 1. The summed E-state index contributed by atoms with van der Waals surface area (Å²) in [5.74, 6) is -0.130. The van der Waals surface area contributed by atoms with Crippen molar-refractivity contribution in [2.24, 2.45) is 0 Å². The fourth-order valence-corrected chi connectivity index (χ4v) is 2.61. The van der Waals surface area contributed by atoms with Gasteiger partial charge in [-0.15, -0.1) is 0 Å². The van der Waals surface area contributed by atoms with Crippen LogP contribution in [0, 0.1) is 6.92 Å². The number of benzene rings is 2. The molecule has 1 saturated heterocycles. The van der Waals surface area contributed by atoms with Gasteiger partial charge < -0.3 is 15.0 Å². The van der Waals surface area contributed by atoms with Gasteiger partial charge in [-0.3, -0.25) is 4.79 Å². The van der Waals surface area contributed by atoms with Gasteiger partial charge in [-0.1, -0.05) is 29.8 Å². The first-order valence-electron chi connectivity index (χ1n) is 8.19. The van der Waals surface area contributed by atoms with E-state index < -0.39 is 0 Å². The molecule has 2 aromatic rings. The van der Waals surface area contributed by atoms with Gasteiger partial charge in [-0.2, -0.15) is 0 Å². The molecule has 4 heteroatoms. The van der Waals surface area contributed by atoms with E-state index in [1.165, 1.54) is 5.56 Å². The Hall–Kier alpha value is -2.59. The third kappa shape index (κ3) is 4.46. The molecular weight excluding hydrogens is 300 g/mol. The van der Waals surface area contributed by atoms with E-state index in [0.717, 1.165) is 43.2 Å². The van der Waals surface area contributed by atoms with Crippen LogP contribution in [0.25, 0.3) is 6.08 Å². The number of nitrogens with zero attached hydrogens (tertiary/aromatic N) is 1. The fourth-order valence-electron chi connectivity index (χ4n) is 2.61. The molecule has 0 bridgehead atoms. The summed E-state index contributed by atoms with van der Waals surface area (Å²) in [5, 5.41) is 2.88. The molecule has 1 heterocycles. The summed E-state index contributed by atoms with van der Waals surface area (Å²) in [5.41, 5.74) is 4.17. The molecule has 0 radical (unpaired) electrons. The number of hydrogen-bond acceptors (Lipinski definition) is 3. The molecule has 2 aromatic carbocycles. The van der Waals surface area contributed by atoms with E-state index in [0.29, 0.717) is 0 Å². The lowest BCUT2D eigenvalue weighted by atomic mass is 10.1. The van der Waals surface area contributed by atoms with Crippen molar-refractivity contribution >= 4 is 23.4 Å². The van der Waals surface area contributed by atoms with Crippen molar-refractivity contribution in [2.75, 3.05) is 36.5 Å². The summed E-state index contributed by atoms with van der Waals surface area (Å²) < 4.78 is 5.36. The SMILES string of the molecule is Cc1ccc(/C=C/C(=O)Nc2ccc(N3CCOCC3)cc2)cc1. The molecule has 1 aliphatic heterocycles. The highest BCUT2D eigenvalue weighted by Crippen LogP contribution is 2.19. The molecule has 0 aromatic heterocycles. The normalized spacial score (nSPS) is 14.8. The molecule has 0 unspecified atom stereocenters. The van der Waals surface area contributed by atoms with Gasteiger partial charge in [0.15, 0.2) is 0 Å². The second-order valence-corrected chi connectivity index (χ2v) is 5.88. The van der Waals surface area contributed by atoms with E-state index in [2.05, 4.69) is 10.2 Å². The van der Waals surface area contributed by atoms with Crippen LogP contribution in [0.1, 0.15) is 11.1 Å². The number of carbonyl (C=O) groups is 1. The Morgan fingerprint density at radius 2 is 1.71 bits per heavy atom. The molecule has 1 N–H and O–H groups in total. The fraction of sp³-hybridized carbons (Fsp3) is 0.250. The third-order valence-corrected chi connectivity index (χ3v) is 4.02. The van der Waals surface area contributed by atoms with E-state index in [1.807, 2.05) is 61.5 Å². The zero-order chi connectivity index (χ0) is 16.8. The highest BCUT2D eigenvalue weighted by atomic mass is 16.5. The Bertz CT molecular complexity index is 699. The van der Waals surface area contributed by atoms with E-state index in [9.17, 15) is 4.79 Å². The first kappa shape index (κ1) is 16.3. The first-order chi connectivity index (χ1) is 11.7. The van der Waals surface area contributed by atoms with Gasteiger partial charge in [0.25, 0.3) is 0 Å². The Morgan fingerprint density at radius 3 is 2.38 bits per heavy atom. The van der Waals surface area contributed by atoms with Crippen LogP contribution >= 0.6 is 0 Å². The van der Waals surface area contributed by atoms with E-state index in [4.69, 9.17) is 4.74 Å². The monoisotopic (exact) mass is 322 g/mol. The summed E-state index contributed by atoms with van der Waals surface area (Å²) >= 11 is 0. The van der Waals surface area contributed by atoms with Crippen LogP contribution < -0.4 is 10.2 Å². The molecule has 1 fully saturated rings. The van der Waals surface area contributed by atoms with Crippen LogP contribution in [0.2, 0.25) is 0 Å². The maximum atomic E-state index is 12.0. The topological polar surface area (TPSA) is 41.6 Å². The van der Waals surface area contributed by atoms with Gasteiger partial charge in [0.1, 0.15) is 0 Å². The van der Waals surface area contributed by atoms with Gasteiger partial charge in [0.2, 0.25) is 5.91 Å². The van der Waals surface area contributed by atoms with Crippen molar-refractivity contribution in [3.63, 3.8) is 0 Å². The average Bonchev–Trinajstić information content (AvgIpc) is 2.63. The molecule has 0 atom stereocenters. The molecule has 124 valence electrons. The van der Waals surface area contributed by atoms with Crippen LogP contribution in [0.4, 0.5) is 11.4 Å². The smallest absolute Gasteiger partial charge is 0.248 e. The van der Waals surface area contributed by atoms with Gasteiger partial charge in [-0.05, 0) is 42.8 Å². The zero-order valence-electron chi connectivity index (χ0n) is 13.9. The third-order valence-electron chi connectivity index (χ3n) is 4.02. The highest BCUT2D eigenvalue weighted by Gasteiger charge is 2.10. The predicted molar refractivity (Wildman–Crippen MR) is 98.3 cm³/mol. The predicted octanol–water partition coefficient (Wildman–Crippen LogP) is 3.48. The van der Waals surface area contributed by atoms with Crippen molar-refractivity contribution in [1.29, 1.82) is 0 Å². The van der Waals surface area contributed by atoms with Crippen molar-refractivity contribution < 1.29 is 9.53 Å². The minimum Gasteiger partial charge on any atom is -0.378 e. The van der Waals surface area contributed by atoms with Crippen LogP contribution in [0.15, 0.2) is 54.6 Å². The second kappa shape index (κ2) is 7.79. The van der Waals surface area contributed by atoms with Crippen molar-refractivity contribution in [3.8, 4) is 0 Å². The molecular formula is C20H22N2O2. The zero-order valence-corrected chi connectivity index (χ0v) is 13.9. The number of nitrogens with one attached hydrogen (secondary N) is 1. The van der Waals surface area contributed by atoms with E-state index >= 15 is 0 Å². The summed E-state index contributed by atoms with van der Waals surface area (Å²) in [4.78, 5) is 14.3. The number of carbonyl (C=O) groups excluding carboxylic acids is 1. The lowest BCUT2D eigenvalue weighted by molar-refractivity contribution is -0.111. The van der Waals surface area contributed by atoms with Crippen molar-refractivity contribution in [2.45, 2.75) is 6.92 Å². The van der Waals surface area contributed by atoms with Gasteiger partial charge >= 0.3 is 0 Å². The van der Waals surface area contributed by atoms with Crippen molar-refractivity contribution in [1.82, 2.24) is 0 Å². The summed E-state index contributed by atoms with van der Waals surface area (Å²) in [7, 11) is 0. The molecule has 0 spiro atoms.